The smallest absolute Gasteiger partial charge is 0.133 e. The number of hydrogen-bond acceptors (Lipinski definition) is 3. The van der Waals surface area contributed by atoms with Gasteiger partial charge in [0.15, 0.2) is 0 Å². The van der Waals surface area contributed by atoms with Crippen LogP contribution in [-0.2, 0) is 6.54 Å². The highest BCUT2D eigenvalue weighted by Crippen LogP contribution is 2.32. The SMILES string of the molecule is CCCNCc1cc2ccccc2nc1N(C)CC1CC1. The van der Waals surface area contributed by atoms with E-state index in [2.05, 4.69) is 54.5 Å². The topological polar surface area (TPSA) is 28.2 Å². The zero-order valence-electron chi connectivity index (χ0n) is 13.1. The molecule has 0 unspecified atom stereocenters. The molecule has 21 heavy (non-hydrogen) atoms. The molecule has 1 heterocycles. The van der Waals surface area contributed by atoms with Crippen molar-refractivity contribution in [2.24, 2.45) is 5.92 Å². The van der Waals surface area contributed by atoms with E-state index >= 15 is 0 Å². The van der Waals surface area contributed by atoms with Crippen molar-refractivity contribution >= 4 is 16.7 Å². The first-order chi connectivity index (χ1) is 10.3. The summed E-state index contributed by atoms with van der Waals surface area (Å²) in [6.45, 7) is 5.28. The minimum Gasteiger partial charge on any atom is -0.359 e. The van der Waals surface area contributed by atoms with Gasteiger partial charge in [0.05, 0.1) is 5.52 Å². The van der Waals surface area contributed by atoms with Gasteiger partial charge in [-0.25, -0.2) is 4.98 Å². The van der Waals surface area contributed by atoms with Gasteiger partial charge in [0, 0.05) is 31.1 Å². The van der Waals surface area contributed by atoms with E-state index in [0.717, 1.165) is 43.3 Å². The summed E-state index contributed by atoms with van der Waals surface area (Å²) in [7, 11) is 2.18. The average molecular weight is 283 g/mol. The molecule has 1 fully saturated rings. The quantitative estimate of drug-likeness (QED) is 0.787. The highest BCUT2D eigenvalue weighted by Gasteiger charge is 2.24. The van der Waals surface area contributed by atoms with Gasteiger partial charge in [0.2, 0.25) is 0 Å². The molecule has 0 atom stereocenters. The molecule has 0 saturated heterocycles. The summed E-state index contributed by atoms with van der Waals surface area (Å²) in [5.74, 6) is 2.02. The van der Waals surface area contributed by atoms with Gasteiger partial charge < -0.3 is 10.2 Å². The number of aromatic nitrogens is 1. The average Bonchev–Trinajstić information content (AvgIpc) is 3.30. The van der Waals surface area contributed by atoms with Crippen LogP contribution in [0.4, 0.5) is 5.82 Å². The lowest BCUT2D eigenvalue weighted by atomic mass is 10.1. The molecule has 0 spiro atoms. The summed E-state index contributed by atoms with van der Waals surface area (Å²) in [4.78, 5) is 7.26. The zero-order valence-corrected chi connectivity index (χ0v) is 13.1. The first-order valence-corrected chi connectivity index (χ1v) is 8.08. The Bertz CT molecular complexity index is 604. The first kappa shape index (κ1) is 14.3. The van der Waals surface area contributed by atoms with Crippen molar-refractivity contribution in [1.29, 1.82) is 0 Å². The van der Waals surface area contributed by atoms with Gasteiger partial charge in [-0.05, 0) is 43.9 Å². The van der Waals surface area contributed by atoms with E-state index in [1.165, 1.54) is 23.8 Å². The van der Waals surface area contributed by atoms with Gasteiger partial charge >= 0.3 is 0 Å². The fourth-order valence-electron chi connectivity index (χ4n) is 2.78. The van der Waals surface area contributed by atoms with E-state index < -0.39 is 0 Å². The highest BCUT2D eigenvalue weighted by molar-refractivity contribution is 5.81. The number of pyridine rings is 1. The van der Waals surface area contributed by atoms with Crippen LogP contribution in [0.25, 0.3) is 10.9 Å². The van der Waals surface area contributed by atoms with Gasteiger partial charge in [0.1, 0.15) is 5.82 Å². The Morgan fingerprint density at radius 1 is 1.29 bits per heavy atom. The third kappa shape index (κ3) is 3.53. The second kappa shape index (κ2) is 6.44. The zero-order chi connectivity index (χ0) is 14.7. The maximum Gasteiger partial charge on any atom is 0.133 e. The molecule has 1 N–H and O–H groups in total. The van der Waals surface area contributed by atoms with Crippen LogP contribution < -0.4 is 10.2 Å². The Kier molecular flexibility index (Phi) is 4.39. The lowest BCUT2D eigenvalue weighted by molar-refractivity contribution is 0.670. The second-order valence-corrected chi connectivity index (χ2v) is 6.16. The van der Waals surface area contributed by atoms with E-state index in [0.29, 0.717) is 0 Å². The maximum atomic E-state index is 4.92. The molecule has 0 aliphatic heterocycles. The van der Waals surface area contributed by atoms with E-state index in [1.54, 1.807) is 0 Å². The van der Waals surface area contributed by atoms with Crippen molar-refractivity contribution in [2.75, 3.05) is 25.0 Å². The van der Waals surface area contributed by atoms with Gasteiger partial charge in [-0.15, -0.1) is 0 Å². The number of hydrogen-bond donors (Lipinski definition) is 1. The van der Waals surface area contributed by atoms with Crippen molar-refractivity contribution in [3.05, 3.63) is 35.9 Å². The molecule has 1 aromatic heterocycles. The van der Waals surface area contributed by atoms with E-state index in [9.17, 15) is 0 Å². The Balaban J connectivity index is 1.90. The number of benzene rings is 1. The summed E-state index contributed by atoms with van der Waals surface area (Å²) >= 11 is 0. The number of nitrogens with zero attached hydrogens (tertiary/aromatic N) is 2. The van der Waals surface area contributed by atoms with Gasteiger partial charge in [-0.2, -0.15) is 0 Å². The Morgan fingerprint density at radius 2 is 2.10 bits per heavy atom. The maximum absolute atomic E-state index is 4.92. The van der Waals surface area contributed by atoms with Gasteiger partial charge in [-0.3, -0.25) is 0 Å². The summed E-state index contributed by atoms with van der Waals surface area (Å²) in [6, 6.07) is 10.7. The Labute approximate surface area is 127 Å². The molecule has 1 aliphatic carbocycles. The lowest BCUT2D eigenvalue weighted by Gasteiger charge is -2.22. The van der Waals surface area contributed by atoms with Gasteiger partial charge in [0.25, 0.3) is 0 Å². The largest absolute Gasteiger partial charge is 0.359 e. The fourth-order valence-corrected chi connectivity index (χ4v) is 2.78. The predicted molar refractivity (Wildman–Crippen MR) is 89.7 cm³/mol. The van der Waals surface area contributed by atoms with E-state index in [1.807, 2.05) is 0 Å². The number of anilines is 1. The Morgan fingerprint density at radius 3 is 2.86 bits per heavy atom. The molecule has 1 aliphatic rings. The standard InChI is InChI=1S/C18H25N3/c1-3-10-19-12-16-11-15-6-4-5-7-17(15)20-18(16)21(2)13-14-8-9-14/h4-7,11,14,19H,3,8-10,12-13H2,1-2H3. The molecule has 2 aromatic rings. The summed E-state index contributed by atoms with van der Waals surface area (Å²) in [5.41, 5.74) is 2.40. The lowest BCUT2D eigenvalue weighted by Crippen LogP contribution is -2.24. The van der Waals surface area contributed by atoms with E-state index in [-0.39, 0.29) is 0 Å². The van der Waals surface area contributed by atoms with Crippen molar-refractivity contribution in [2.45, 2.75) is 32.7 Å². The van der Waals surface area contributed by atoms with Crippen LogP contribution in [0.1, 0.15) is 31.7 Å². The number of para-hydroxylation sites is 1. The van der Waals surface area contributed by atoms with Crippen LogP contribution in [0, 0.1) is 5.92 Å². The van der Waals surface area contributed by atoms with E-state index in [4.69, 9.17) is 4.98 Å². The highest BCUT2D eigenvalue weighted by atomic mass is 15.2. The number of fused-ring (bicyclic) bond motifs is 1. The molecule has 0 amide bonds. The van der Waals surface area contributed by atoms with Crippen LogP contribution in [0.2, 0.25) is 0 Å². The molecule has 1 aromatic carbocycles. The molecule has 0 bridgehead atoms. The second-order valence-electron chi connectivity index (χ2n) is 6.16. The van der Waals surface area contributed by atoms with Crippen molar-refractivity contribution in [3.63, 3.8) is 0 Å². The van der Waals surface area contributed by atoms with Crippen molar-refractivity contribution in [1.82, 2.24) is 10.3 Å². The molecule has 3 heteroatoms. The normalized spacial score (nSPS) is 14.6. The van der Waals surface area contributed by atoms with Crippen LogP contribution in [0.15, 0.2) is 30.3 Å². The minimum atomic E-state index is 0.875. The van der Waals surface area contributed by atoms with Crippen LogP contribution in [0.5, 0.6) is 0 Å². The van der Waals surface area contributed by atoms with Crippen LogP contribution >= 0.6 is 0 Å². The summed E-state index contributed by atoms with van der Waals surface area (Å²) in [6.07, 6.45) is 3.91. The number of nitrogens with one attached hydrogen (secondary N) is 1. The summed E-state index contributed by atoms with van der Waals surface area (Å²) in [5, 5.41) is 4.74. The minimum absolute atomic E-state index is 0.875. The first-order valence-electron chi connectivity index (χ1n) is 8.08. The fraction of sp³-hybridized carbons (Fsp3) is 0.500. The molecule has 1 saturated carbocycles. The number of rotatable bonds is 7. The molecule has 3 nitrogen and oxygen atoms in total. The Hall–Kier alpha value is -1.61. The third-order valence-electron chi connectivity index (χ3n) is 4.11. The third-order valence-corrected chi connectivity index (χ3v) is 4.11. The molecule has 3 rings (SSSR count). The van der Waals surface area contributed by atoms with Gasteiger partial charge in [-0.1, -0.05) is 25.1 Å². The summed E-state index contributed by atoms with van der Waals surface area (Å²) < 4.78 is 0. The molecule has 0 radical (unpaired) electrons. The van der Waals surface area contributed by atoms with Crippen LogP contribution in [-0.4, -0.2) is 25.1 Å². The van der Waals surface area contributed by atoms with Crippen LogP contribution in [0.3, 0.4) is 0 Å². The monoisotopic (exact) mass is 283 g/mol. The van der Waals surface area contributed by atoms with Crippen molar-refractivity contribution in [3.8, 4) is 0 Å². The predicted octanol–water partition coefficient (Wildman–Crippen LogP) is 3.58. The van der Waals surface area contributed by atoms with Crippen molar-refractivity contribution < 1.29 is 0 Å². The molecular formula is C18H25N3. The molecule has 112 valence electrons. The molecular weight excluding hydrogens is 258 g/mol.